The van der Waals surface area contributed by atoms with E-state index in [0.717, 1.165) is 115 Å². The molecular formula is C54H84O9. The first-order valence-corrected chi connectivity index (χ1v) is 26.3. The maximum Gasteiger partial charge on any atom is 0.342 e. The Kier molecular flexibility index (Phi) is 20.0. The largest absolute Gasteiger partial charge is 0.478 e. The number of carbonyl (C=O) groups is 4. The number of aliphatic carboxylic acids is 2. The highest BCUT2D eigenvalue weighted by atomic mass is 16.7. The normalized spacial score (nSPS) is 28.2. The minimum Gasteiger partial charge on any atom is -0.478 e. The SMILES string of the molecule is CC(=CCC(C(=O)O)=C(OCCOC(=O)C12CC3CC(CC(C3)C1)C2)OC(=O)C(=C(C1CCCCCCCCC1)C1CCCCCCCCC1)C1CCCCCCCCC1)C(=O)O. The van der Waals surface area contributed by atoms with Crippen molar-refractivity contribution >= 4 is 23.9 Å². The molecule has 9 nitrogen and oxygen atoms in total. The first-order chi connectivity index (χ1) is 30.6. The Labute approximate surface area is 380 Å². The second-order valence-electron chi connectivity index (χ2n) is 21.2. The van der Waals surface area contributed by atoms with Crippen LogP contribution in [0.15, 0.2) is 34.3 Å². The van der Waals surface area contributed by atoms with Gasteiger partial charge in [0.1, 0.15) is 18.8 Å². The van der Waals surface area contributed by atoms with Crippen molar-refractivity contribution < 1.29 is 43.6 Å². The highest BCUT2D eigenvalue weighted by Gasteiger charge is 2.55. The fourth-order valence-electron chi connectivity index (χ4n) is 13.3. The van der Waals surface area contributed by atoms with Crippen LogP contribution in [-0.2, 0) is 33.4 Å². The third-order valence-electron chi connectivity index (χ3n) is 16.3. The van der Waals surface area contributed by atoms with Crippen molar-refractivity contribution in [2.24, 2.45) is 40.9 Å². The quantitative estimate of drug-likeness (QED) is 0.0756. The van der Waals surface area contributed by atoms with Gasteiger partial charge in [-0.1, -0.05) is 146 Å². The van der Waals surface area contributed by atoms with Crippen LogP contribution in [0.4, 0.5) is 0 Å². The summed E-state index contributed by atoms with van der Waals surface area (Å²) in [5.41, 5.74) is 1.32. The Morgan fingerprint density at radius 3 is 1.30 bits per heavy atom. The predicted octanol–water partition coefficient (Wildman–Crippen LogP) is 13.7. The molecule has 7 fully saturated rings. The van der Waals surface area contributed by atoms with Gasteiger partial charge < -0.3 is 24.4 Å². The van der Waals surface area contributed by atoms with E-state index in [1.165, 1.54) is 121 Å². The number of carboxylic acid groups (broad SMARTS) is 2. The fraction of sp³-hybridized carbons (Fsp3) is 0.815. The number of hydrogen-bond donors (Lipinski definition) is 2. The lowest BCUT2D eigenvalue weighted by Gasteiger charge is -2.55. The maximum atomic E-state index is 15.6. The van der Waals surface area contributed by atoms with Gasteiger partial charge in [0, 0.05) is 17.6 Å². The topological polar surface area (TPSA) is 136 Å². The minimum absolute atomic E-state index is 0.00123. The van der Waals surface area contributed by atoms with E-state index in [1.807, 2.05) is 0 Å². The predicted molar refractivity (Wildman–Crippen MR) is 246 cm³/mol. The summed E-state index contributed by atoms with van der Waals surface area (Å²) in [6, 6.07) is 0. The third-order valence-corrected chi connectivity index (χ3v) is 16.3. The molecule has 0 radical (unpaired) electrons. The smallest absolute Gasteiger partial charge is 0.342 e. The molecule has 7 saturated carbocycles. The average Bonchev–Trinajstić information content (AvgIpc) is 3.26. The van der Waals surface area contributed by atoms with Crippen LogP contribution >= 0.6 is 0 Å². The lowest BCUT2D eigenvalue weighted by Crippen LogP contribution is -2.50. The van der Waals surface area contributed by atoms with E-state index in [1.54, 1.807) is 0 Å². The number of esters is 2. The van der Waals surface area contributed by atoms with Gasteiger partial charge in [0.05, 0.1) is 5.41 Å². The lowest BCUT2D eigenvalue weighted by atomic mass is 9.49. The summed E-state index contributed by atoms with van der Waals surface area (Å²) in [7, 11) is 0. The van der Waals surface area contributed by atoms with E-state index in [9.17, 15) is 24.6 Å². The Morgan fingerprint density at radius 2 is 0.905 bits per heavy atom. The highest BCUT2D eigenvalue weighted by molar-refractivity contribution is 5.93. The molecule has 7 aliphatic rings. The van der Waals surface area contributed by atoms with E-state index in [2.05, 4.69) is 0 Å². The average molecular weight is 877 g/mol. The summed E-state index contributed by atoms with van der Waals surface area (Å²) < 4.78 is 18.6. The Morgan fingerprint density at radius 1 is 0.524 bits per heavy atom. The second-order valence-corrected chi connectivity index (χ2v) is 21.2. The fourth-order valence-corrected chi connectivity index (χ4v) is 13.3. The van der Waals surface area contributed by atoms with Crippen LogP contribution in [0.2, 0.25) is 0 Å². The Balaban J connectivity index is 1.36. The molecule has 354 valence electrons. The molecule has 0 heterocycles. The summed E-state index contributed by atoms with van der Waals surface area (Å²) >= 11 is 0. The van der Waals surface area contributed by atoms with Crippen molar-refractivity contribution in [1.29, 1.82) is 0 Å². The van der Waals surface area contributed by atoms with E-state index >= 15 is 4.79 Å². The van der Waals surface area contributed by atoms with Gasteiger partial charge in [-0.2, -0.15) is 0 Å². The molecular weight excluding hydrogens is 793 g/mol. The monoisotopic (exact) mass is 877 g/mol. The van der Waals surface area contributed by atoms with E-state index < -0.39 is 29.3 Å². The van der Waals surface area contributed by atoms with Crippen LogP contribution in [0.1, 0.15) is 225 Å². The molecule has 0 amide bonds. The van der Waals surface area contributed by atoms with Gasteiger partial charge >= 0.3 is 23.9 Å². The lowest BCUT2D eigenvalue weighted by molar-refractivity contribution is -0.173. The molecule has 0 aromatic heterocycles. The zero-order chi connectivity index (χ0) is 44.4. The summed E-state index contributed by atoms with van der Waals surface area (Å²) in [6.07, 6.45) is 38.3. The van der Waals surface area contributed by atoms with Gasteiger partial charge in [-0.3, -0.25) is 4.79 Å². The van der Waals surface area contributed by atoms with Crippen molar-refractivity contribution in [1.82, 2.24) is 0 Å². The molecule has 0 saturated heterocycles. The minimum atomic E-state index is -1.35. The number of rotatable bonds is 14. The number of hydrogen-bond acceptors (Lipinski definition) is 7. The van der Waals surface area contributed by atoms with Gasteiger partial charge in [0.15, 0.2) is 0 Å². The third kappa shape index (κ3) is 14.7. The summed E-state index contributed by atoms with van der Waals surface area (Å²) in [4.78, 5) is 54.3. The molecule has 7 aliphatic carbocycles. The molecule has 7 rings (SSSR count). The first-order valence-electron chi connectivity index (χ1n) is 26.3. The molecule has 2 N–H and O–H groups in total. The Bertz CT molecular complexity index is 1510. The molecule has 4 bridgehead atoms. The van der Waals surface area contributed by atoms with Gasteiger partial charge in [-0.05, 0) is 119 Å². The van der Waals surface area contributed by atoms with Crippen molar-refractivity contribution in [2.45, 2.75) is 225 Å². The standard InChI is InChI=1S/C54H84O9/c1-39(49(55)56)29-30-46(50(57)58)52(61-31-32-62-53(60)54-36-40-33-41(37-54)35-42(34-40)38-54)63-51(59)48(45-27-21-15-9-4-10-16-22-28-45)47(43-23-17-11-5-2-6-12-18-24-43)44-25-19-13-7-3-8-14-20-26-44/h29,40-45H,2-28,30-38H2,1H3,(H,55,56)(H,57,58). The molecule has 0 unspecified atom stereocenters. The van der Waals surface area contributed by atoms with E-state index in [0.29, 0.717) is 17.8 Å². The van der Waals surface area contributed by atoms with E-state index in [4.69, 9.17) is 14.2 Å². The van der Waals surface area contributed by atoms with Crippen molar-refractivity contribution in [2.75, 3.05) is 13.2 Å². The zero-order valence-corrected chi connectivity index (χ0v) is 39.2. The second kappa shape index (κ2) is 25.6. The van der Waals surface area contributed by atoms with Gasteiger partial charge in [0.2, 0.25) is 0 Å². The van der Waals surface area contributed by atoms with Crippen LogP contribution < -0.4 is 0 Å². The van der Waals surface area contributed by atoms with Crippen LogP contribution in [0.3, 0.4) is 0 Å². The molecule has 0 aromatic carbocycles. The summed E-state index contributed by atoms with van der Waals surface area (Å²) in [5, 5.41) is 20.4. The number of allylic oxidation sites excluding steroid dienone is 2. The van der Waals surface area contributed by atoms with Gasteiger partial charge in [-0.15, -0.1) is 0 Å². The molecule has 0 spiro atoms. The van der Waals surface area contributed by atoms with Crippen molar-refractivity contribution in [3.8, 4) is 0 Å². The molecule has 0 aromatic rings. The van der Waals surface area contributed by atoms with Crippen LogP contribution in [0, 0.1) is 40.9 Å². The number of carbonyl (C=O) groups excluding carboxylic acids is 2. The molecule has 9 heteroatoms. The van der Waals surface area contributed by atoms with Crippen LogP contribution in [0.5, 0.6) is 0 Å². The zero-order valence-electron chi connectivity index (χ0n) is 39.2. The van der Waals surface area contributed by atoms with Crippen LogP contribution in [0.25, 0.3) is 0 Å². The molecule has 63 heavy (non-hydrogen) atoms. The van der Waals surface area contributed by atoms with E-state index in [-0.39, 0.29) is 54.5 Å². The first kappa shape index (κ1) is 49.3. The number of carboxylic acids is 2. The van der Waals surface area contributed by atoms with Gasteiger partial charge in [0.25, 0.3) is 5.95 Å². The Hall–Kier alpha value is -3.10. The van der Waals surface area contributed by atoms with Crippen LogP contribution in [-0.4, -0.2) is 47.3 Å². The summed E-state index contributed by atoms with van der Waals surface area (Å²) in [5.74, 6) is -1.31. The summed E-state index contributed by atoms with van der Waals surface area (Å²) in [6.45, 7) is 1.14. The van der Waals surface area contributed by atoms with Gasteiger partial charge in [-0.25, -0.2) is 14.4 Å². The highest BCUT2D eigenvalue weighted by Crippen LogP contribution is 2.60. The molecule has 0 atom stereocenters. The van der Waals surface area contributed by atoms with Crippen molar-refractivity contribution in [3.63, 3.8) is 0 Å². The van der Waals surface area contributed by atoms with Crippen molar-refractivity contribution in [3.05, 3.63) is 34.3 Å². The maximum absolute atomic E-state index is 15.6. The number of ether oxygens (including phenoxy) is 3. The molecule has 0 aliphatic heterocycles.